The average Bonchev–Trinajstić information content (AvgIpc) is 2.87. The number of aromatic hydroxyl groups is 1. The predicted molar refractivity (Wildman–Crippen MR) is 100 cm³/mol. The number of nitrogens with one attached hydrogen (secondary N) is 2. The van der Waals surface area contributed by atoms with Crippen molar-refractivity contribution in [2.24, 2.45) is 10.2 Å². The molecule has 0 aliphatic heterocycles. The van der Waals surface area contributed by atoms with Crippen molar-refractivity contribution in [1.82, 2.24) is 10.3 Å². The molecule has 130 valence electrons. The minimum atomic E-state index is -0.00574. The maximum Gasteiger partial charge on any atom is 0.218 e. The van der Waals surface area contributed by atoms with Gasteiger partial charge in [0.2, 0.25) is 11.0 Å². The molecule has 2 rings (SSSR count). The third-order valence-electron chi connectivity index (χ3n) is 3.63. The number of hydrogen-bond donors (Lipinski definition) is 3. The highest BCUT2D eigenvalue weighted by Crippen LogP contribution is 2.36. The lowest BCUT2D eigenvalue weighted by Crippen LogP contribution is -2.21. The molecule has 0 amide bonds. The first-order chi connectivity index (χ1) is 11.5. The molecule has 1 heterocycles. The van der Waals surface area contributed by atoms with E-state index in [1.54, 1.807) is 0 Å². The van der Waals surface area contributed by atoms with Gasteiger partial charge in [-0.2, -0.15) is 0 Å². The van der Waals surface area contributed by atoms with Crippen molar-refractivity contribution < 1.29 is 9.84 Å². The summed E-state index contributed by atoms with van der Waals surface area (Å²) in [5.41, 5.74) is 2.40. The lowest BCUT2D eigenvalue weighted by molar-refractivity contribution is 0.146. The second kappa shape index (κ2) is 8.75. The molecule has 0 aliphatic carbocycles. The fourth-order valence-corrected chi connectivity index (χ4v) is 2.43. The van der Waals surface area contributed by atoms with Gasteiger partial charge in [0.25, 0.3) is 0 Å². The van der Waals surface area contributed by atoms with Crippen LogP contribution in [-0.4, -0.2) is 35.0 Å². The van der Waals surface area contributed by atoms with Crippen molar-refractivity contribution in [3.05, 3.63) is 23.8 Å². The van der Waals surface area contributed by atoms with Crippen LogP contribution in [0.3, 0.4) is 0 Å². The number of nitrogens with zero attached hydrogens (tertiary/aromatic N) is 2. The van der Waals surface area contributed by atoms with E-state index in [1.807, 2.05) is 25.1 Å². The Hall–Kier alpha value is -1.99. The first kappa shape index (κ1) is 18.4. The van der Waals surface area contributed by atoms with E-state index in [0.29, 0.717) is 36.5 Å². The van der Waals surface area contributed by atoms with Crippen molar-refractivity contribution in [3.8, 4) is 5.88 Å². The van der Waals surface area contributed by atoms with Crippen molar-refractivity contribution in [1.29, 1.82) is 0 Å². The van der Waals surface area contributed by atoms with Gasteiger partial charge >= 0.3 is 0 Å². The van der Waals surface area contributed by atoms with E-state index in [0.717, 1.165) is 17.3 Å². The van der Waals surface area contributed by atoms with Crippen LogP contribution in [0, 0.1) is 0 Å². The molecule has 0 aliphatic rings. The van der Waals surface area contributed by atoms with Crippen LogP contribution in [0.1, 0.15) is 38.7 Å². The molecule has 0 bridgehead atoms. The Morgan fingerprint density at radius 2 is 2.21 bits per heavy atom. The molecule has 6 nitrogen and oxygen atoms in total. The number of fused-ring (bicyclic) bond motifs is 1. The molecule has 0 saturated carbocycles. The standard InChI is InChI=1S/C17H24N4O2S/c1-4-23-9-5-8-18-17(24)21-20-15-13-10-12(11(2)3)6-7-14(13)19-16(15)22/h6-7,10-11,19,22H,4-5,8-9H2,1-3H3,(H,18,24). The molecular formula is C17H24N4O2S. The van der Waals surface area contributed by atoms with Crippen molar-refractivity contribution in [3.63, 3.8) is 0 Å². The highest BCUT2D eigenvalue weighted by atomic mass is 32.1. The highest BCUT2D eigenvalue weighted by Gasteiger charge is 2.12. The minimum absolute atomic E-state index is 0.00574. The van der Waals surface area contributed by atoms with Crippen LogP contribution in [0.15, 0.2) is 28.4 Å². The van der Waals surface area contributed by atoms with Gasteiger partial charge in [0.15, 0.2) is 5.69 Å². The van der Waals surface area contributed by atoms with Crippen LogP contribution >= 0.6 is 12.2 Å². The van der Waals surface area contributed by atoms with Gasteiger partial charge in [-0.05, 0) is 49.2 Å². The SMILES string of the molecule is CCOCCCNC(=S)N=Nc1c(O)[nH]c2ccc(C(C)C)cc12. The van der Waals surface area contributed by atoms with Gasteiger partial charge in [-0.1, -0.05) is 19.9 Å². The number of thiocarbonyl (C=S) groups is 1. The van der Waals surface area contributed by atoms with Gasteiger partial charge in [0.1, 0.15) is 0 Å². The average molecular weight is 348 g/mol. The van der Waals surface area contributed by atoms with Gasteiger partial charge in [0, 0.05) is 25.1 Å². The van der Waals surface area contributed by atoms with Gasteiger partial charge in [-0.15, -0.1) is 10.2 Å². The Balaban J connectivity index is 2.06. The maximum absolute atomic E-state index is 10.1. The van der Waals surface area contributed by atoms with Crippen molar-refractivity contribution in [2.45, 2.75) is 33.1 Å². The summed E-state index contributed by atoms with van der Waals surface area (Å²) in [5, 5.41) is 22.3. The number of rotatable bonds is 7. The van der Waals surface area contributed by atoms with E-state index in [1.165, 1.54) is 5.56 Å². The zero-order valence-corrected chi connectivity index (χ0v) is 15.1. The molecule has 0 radical (unpaired) electrons. The number of azo groups is 1. The van der Waals surface area contributed by atoms with Gasteiger partial charge in [-0.25, -0.2) is 0 Å². The summed E-state index contributed by atoms with van der Waals surface area (Å²) in [6.45, 7) is 8.28. The van der Waals surface area contributed by atoms with E-state index in [-0.39, 0.29) is 5.88 Å². The number of aromatic nitrogens is 1. The number of aromatic amines is 1. The largest absolute Gasteiger partial charge is 0.493 e. The Bertz CT molecular complexity index is 725. The zero-order valence-electron chi connectivity index (χ0n) is 14.3. The molecular weight excluding hydrogens is 324 g/mol. The van der Waals surface area contributed by atoms with Gasteiger partial charge < -0.3 is 20.1 Å². The minimum Gasteiger partial charge on any atom is -0.493 e. The van der Waals surface area contributed by atoms with Crippen LogP contribution in [-0.2, 0) is 4.74 Å². The first-order valence-corrected chi connectivity index (χ1v) is 8.55. The Labute approximate surface area is 147 Å². The predicted octanol–water partition coefficient (Wildman–Crippen LogP) is 4.38. The molecule has 1 aromatic carbocycles. The van der Waals surface area contributed by atoms with Crippen LogP contribution < -0.4 is 5.32 Å². The van der Waals surface area contributed by atoms with Crippen LogP contribution in [0.4, 0.5) is 5.69 Å². The number of ether oxygens (including phenoxy) is 1. The third-order valence-corrected chi connectivity index (χ3v) is 3.86. The van der Waals surface area contributed by atoms with Crippen LogP contribution in [0.25, 0.3) is 10.9 Å². The second-order valence-corrected chi connectivity index (χ2v) is 6.15. The van der Waals surface area contributed by atoms with E-state index in [9.17, 15) is 5.11 Å². The van der Waals surface area contributed by atoms with Crippen LogP contribution in [0.5, 0.6) is 5.88 Å². The Kier molecular flexibility index (Phi) is 6.69. The summed E-state index contributed by atoms with van der Waals surface area (Å²) in [6, 6.07) is 5.99. The number of benzene rings is 1. The molecule has 1 aromatic heterocycles. The fourth-order valence-electron chi connectivity index (χ4n) is 2.29. The van der Waals surface area contributed by atoms with Gasteiger partial charge in [0.05, 0.1) is 5.52 Å². The van der Waals surface area contributed by atoms with E-state index >= 15 is 0 Å². The second-order valence-electron chi connectivity index (χ2n) is 5.76. The molecule has 24 heavy (non-hydrogen) atoms. The van der Waals surface area contributed by atoms with Crippen molar-refractivity contribution in [2.75, 3.05) is 19.8 Å². The molecule has 0 unspecified atom stereocenters. The quantitative estimate of drug-likeness (QED) is 0.394. The lowest BCUT2D eigenvalue weighted by atomic mass is 10.0. The Morgan fingerprint density at radius 3 is 2.92 bits per heavy atom. The maximum atomic E-state index is 10.1. The van der Waals surface area contributed by atoms with E-state index < -0.39 is 0 Å². The Morgan fingerprint density at radius 1 is 1.42 bits per heavy atom. The van der Waals surface area contributed by atoms with Crippen molar-refractivity contribution >= 4 is 33.9 Å². The zero-order chi connectivity index (χ0) is 17.5. The summed E-state index contributed by atoms with van der Waals surface area (Å²) >= 11 is 5.13. The van der Waals surface area contributed by atoms with E-state index in [4.69, 9.17) is 17.0 Å². The summed E-state index contributed by atoms with van der Waals surface area (Å²) in [6.07, 6.45) is 0.847. The summed E-state index contributed by atoms with van der Waals surface area (Å²) < 4.78 is 5.25. The van der Waals surface area contributed by atoms with Gasteiger partial charge in [-0.3, -0.25) is 0 Å². The number of H-pyrrole nitrogens is 1. The molecule has 0 spiro atoms. The first-order valence-electron chi connectivity index (χ1n) is 8.14. The summed E-state index contributed by atoms with van der Waals surface area (Å²) in [7, 11) is 0. The molecule has 2 aromatic rings. The monoisotopic (exact) mass is 348 g/mol. The number of hydrogen-bond acceptors (Lipinski definition) is 4. The molecule has 3 N–H and O–H groups in total. The lowest BCUT2D eigenvalue weighted by Gasteiger charge is -2.05. The third kappa shape index (κ3) is 4.75. The molecule has 0 atom stereocenters. The topological polar surface area (TPSA) is 82.0 Å². The van der Waals surface area contributed by atoms with Crippen LogP contribution in [0.2, 0.25) is 0 Å². The fraction of sp³-hybridized carbons (Fsp3) is 0.471. The highest BCUT2D eigenvalue weighted by molar-refractivity contribution is 7.80. The van der Waals surface area contributed by atoms with E-state index in [2.05, 4.69) is 34.4 Å². The summed E-state index contributed by atoms with van der Waals surface area (Å²) in [4.78, 5) is 2.90. The smallest absolute Gasteiger partial charge is 0.218 e. The summed E-state index contributed by atoms with van der Waals surface area (Å²) in [5.74, 6) is 0.387. The molecule has 0 saturated heterocycles. The normalized spacial score (nSPS) is 11.7. The molecule has 0 fully saturated rings. The molecule has 7 heteroatoms.